The molecular formula is C16H19FN4OS. The van der Waals surface area contributed by atoms with Crippen molar-refractivity contribution in [1.82, 2.24) is 4.98 Å². The molecule has 1 fully saturated rings. The zero-order chi connectivity index (χ0) is 16.2. The maximum Gasteiger partial charge on any atom is 0.275 e. The molecule has 2 heterocycles. The molecule has 5 nitrogen and oxygen atoms in total. The van der Waals surface area contributed by atoms with Crippen LogP contribution in [0.5, 0.6) is 0 Å². The number of hydrogen-bond acceptors (Lipinski definition) is 5. The maximum atomic E-state index is 14.2. The summed E-state index contributed by atoms with van der Waals surface area (Å²) in [7, 11) is 0. The maximum absolute atomic E-state index is 14.2. The molecule has 122 valence electrons. The number of hydrogen-bond donors (Lipinski definition) is 2. The fourth-order valence-corrected chi connectivity index (χ4v) is 3.48. The minimum Gasteiger partial charge on any atom is -0.370 e. The molecule has 1 aromatic carbocycles. The number of amides is 1. The Balaban J connectivity index is 1.82. The first-order valence-electron chi connectivity index (χ1n) is 7.68. The second kappa shape index (κ2) is 7.06. The van der Waals surface area contributed by atoms with Gasteiger partial charge in [0.15, 0.2) is 0 Å². The Morgan fingerprint density at radius 1 is 1.39 bits per heavy atom. The Bertz CT molecular complexity index is 697. The number of halogens is 1. The fraction of sp³-hybridized carbons (Fsp3) is 0.375. The third-order valence-corrected chi connectivity index (χ3v) is 4.73. The molecule has 0 unspecified atom stereocenters. The van der Waals surface area contributed by atoms with Crippen LogP contribution < -0.4 is 16.0 Å². The zero-order valence-electron chi connectivity index (χ0n) is 12.7. The van der Waals surface area contributed by atoms with Crippen LogP contribution >= 0.6 is 11.3 Å². The third-order valence-electron chi connectivity index (χ3n) is 3.82. The molecule has 1 saturated heterocycles. The molecule has 3 rings (SSSR count). The van der Waals surface area contributed by atoms with E-state index in [0.717, 1.165) is 36.6 Å². The molecule has 0 saturated carbocycles. The van der Waals surface area contributed by atoms with E-state index in [1.54, 1.807) is 11.4 Å². The molecule has 1 aromatic heterocycles. The Morgan fingerprint density at radius 2 is 2.17 bits per heavy atom. The van der Waals surface area contributed by atoms with Crippen LogP contribution in [0.25, 0.3) is 0 Å². The number of carbonyl (C=O) groups is 1. The van der Waals surface area contributed by atoms with Crippen LogP contribution in [-0.2, 0) is 6.42 Å². The van der Waals surface area contributed by atoms with Gasteiger partial charge in [-0.15, -0.1) is 11.3 Å². The molecule has 0 spiro atoms. The molecule has 1 amide bonds. The minimum absolute atomic E-state index is 0.229. The lowest BCUT2D eigenvalue weighted by Crippen LogP contribution is -2.22. The summed E-state index contributed by atoms with van der Waals surface area (Å²) in [5.41, 5.74) is 6.75. The number of nitrogens with one attached hydrogen (secondary N) is 1. The number of rotatable bonds is 5. The molecule has 1 aliphatic rings. The second-order valence-electron chi connectivity index (χ2n) is 5.45. The van der Waals surface area contributed by atoms with Gasteiger partial charge in [-0.3, -0.25) is 4.79 Å². The Labute approximate surface area is 138 Å². The largest absolute Gasteiger partial charge is 0.370 e. The SMILES string of the molecule is NCCc1nc(C(=O)Nc2c(F)cccc2N2CCCC2)cs1. The Kier molecular flexibility index (Phi) is 4.88. The molecule has 23 heavy (non-hydrogen) atoms. The van der Waals surface area contributed by atoms with Crippen molar-refractivity contribution in [3.63, 3.8) is 0 Å². The van der Waals surface area contributed by atoms with Crippen LogP contribution in [0.4, 0.5) is 15.8 Å². The van der Waals surface area contributed by atoms with Gasteiger partial charge in [0.25, 0.3) is 5.91 Å². The summed E-state index contributed by atoms with van der Waals surface area (Å²) >= 11 is 1.39. The van der Waals surface area contributed by atoms with Gasteiger partial charge in [0.1, 0.15) is 17.2 Å². The monoisotopic (exact) mass is 334 g/mol. The van der Waals surface area contributed by atoms with Crippen molar-refractivity contribution in [2.45, 2.75) is 19.3 Å². The molecule has 0 aliphatic carbocycles. The number of carbonyl (C=O) groups excluding carboxylic acids is 1. The van der Waals surface area contributed by atoms with Crippen molar-refractivity contribution in [1.29, 1.82) is 0 Å². The molecular weight excluding hydrogens is 315 g/mol. The van der Waals surface area contributed by atoms with E-state index in [-0.39, 0.29) is 5.69 Å². The normalized spacial score (nSPS) is 14.3. The highest BCUT2D eigenvalue weighted by Gasteiger charge is 2.21. The third kappa shape index (κ3) is 3.51. The number of benzene rings is 1. The highest BCUT2D eigenvalue weighted by molar-refractivity contribution is 7.09. The number of para-hydroxylation sites is 1. The van der Waals surface area contributed by atoms with Gasteiger partial charge >= 0.3 is 0 Å². The zero-order valence-corrected chi connectivity index (χ0v) is 13.5. The Morgan fingerprint density at radius 3 is 2.91 bits per heavy atom. The summed E-state index contributed by atoms with van der Waals surface area (Å²) in [6.45, 7) is 2.24. The van der Waals surface area contributed by atoms with Crippen molar-refractivity contribution in [3.05, 3.63) is 40.1 Å². The van der Waals surface area contributed by atoms with Crippen molar-refractivity contribution < 1.29 is 9.18 Å². The summed E-state index contributed by atoms with van der Waals surface area (Å²) in [5.74, 6) is -0.824. The second-order valence-corrected chi connectivity index (χ2v) is 6.39. The van der Waals surface area contributed by atoms with E-state index >= 15 is 0 Å². The van der Waals surface area contributed by atoms with Crippen molar-refractivity contribution >= 4 is 28.6 Å². The Hall–Kier alpha value is -1.99. The fourth-order valence-electron chi connectivity index (χ4n) is 2.69. The predicted molar refractivity (Wildman–Crippen MR) is 90.7 cm³/mol. The van der Waals surface area contributed by atoms with Gasteiger partial charge < -0.3 is 16.0 Å². The van der Waals surface area contributed by atoms with E-state index in [0.29, 0.717) is 18.7 Å². The lowest BCUT2D eigenvalue weighted by atomic mass is 10.2. The highest BCUT2D eigenvalue weighted by atomic mass is 32.1. The van der Waals surface area contributed by atoms with Crippen molar-refractivity contribution in [2.24, 2.45) is 5.73 Å². The summed E-state index contributed by atoms with van der Waals surface area (Å²) < 4.78 is 14.2. The van der Waals surface area contributed by atoms with Crippen LogP contribution in [0.1, 0.15) is 28.3 Å². The van der Waals surface area contributed by atoms with Gasteiger partial charge in [0, 0.05) is 24.9 Å². The van der Waals surface area contributed by atoms with Crippen molar-refractivity contribution in [3.8, 4) is 0 Å². The standard InChI is InChI=1S/C16H19FN4OS/c17-11-4-3-5-13(21-8-1-2-9-21)15(11)20-16(22)12-10-23-14(19-12)6-7-18/h3-5,10H,1-2,6-9,18H2,(H,20,22). The number of aromatic nitrogens is 1. The molecule has 0 radical (unpaired) electrons. The van der Waals surface area contributed by atoms with E-state index in [2.05, 4.69) is 15.2 Å². The lowest BCUT2D eigenvalue weighted by Gasteiger charge is -2.21. The van der Waals surface area contributed by atoms with E-state index in [4.69, 9.17) is 5.73 Å². The van der Waals surface area contributed by atoms with E-state index in [1.165, 1.54) is 17.4 Å². The van der Waals surface area contributed by atoms with Gasteiger partial charge in [0.05, 0.1) is 10.7 Å². The minimum atomic E-state index is -0.430. The van der Waals surface area contributed by atoms with E-state index < -0.39 is 11.7 Å². The van der Waals surface area contributed by atoms with Crippen LogP contribution in [0.3, 0.4) is 0 Å². The average Bonchev–Trinajstić information content (AvgIpc) is 3.21. The summed E-state index contributed by atoms with van der Waals surface area (Å²) in [4.78, 5) is 18.7. The molecule has 1 aliphatic heterocycles. The summed E-state index contributed by atoms with van der Waals surface area (Å²) in [6.07, 6.45) is 2.80. The van der Waals surface area contributed by atoms with Gasteiger partial charge in [0.2, 0.25) is 0 Å². The molecule has 0 atom stereocenters. The van der Waals surface area contributed by atoms with Crippen molar-refractivity contribution in [2.75, 3.05) is 29.9 Å². The van der Waals surface area contributed by atoms with Crippen LogP contribution in [0.2, 0.25) is 0 Å². The van der Waals surface area contributed by atoms with E-state index in [9.17, 15) is 9.18 Å². The smallest absolute Gasteiger partial charge is 0.275 e. The quantitative estimate of drug-likeness (QED) is 0.882. The van der Waals surface area contributed by atoms with Gasteiger partial charge in [-0.25, -0.2) is 9.37 Å². The van der Waals surface area contributed by atoms with Gasteiger partial charge in [-0.2, -0.15) is 0 Å². The number of thiazole rings is 1. The average molecular weight is 334 g/mol. The summed E-state index contributed by atoms with van der Waals surface area (Å²) in [5, 5.41) is 5.17. The molecule has 0 bridgehead atoms. The molecule has 3 N–H and O–H groups in total. The number of nitrogens with zero attached hydrogens (tertiary/aromatic N) is 2. The van der Waals surface area contributed by atoms with Crippen LogP contribution in [0, 0.1) is 5.82 Å². The molecule has 7 heteroatoms. The molecule has 2 aromatic rings. The topological polar surface area (TPSA) is 71.2 Å². The van der Waals surface area contributed by atoms with E-state index in [1.807, 2.05) is 6.07 Å². The first-order valence-corrected chi connectivity index (χ1v) is 8.56. The lowest BCUT2D eigenvalue weighted by molar-refractivity contribution is 0.102. The first kappa shape index (κ1) is 15.9. The number of anilines is 2. The first-order chi connectivity index (χ1) is 11.2. The van der Waals surface area contributed by atoms with Gasteiger partial charge in [-0.1, -0.05) is 6.07 Å². The predicted octanol–water partition coefficient (Wildman–Crippen LogP) is 2.64. The van der Waals surface area contributed by atoms with Gasteiger partial charge in [-0.05, 0) is 31.5 Å². The van der Waals surface area contributed by atoms with Crippen LogP contribution in [0.15, 0.2) is 23.6 Å². The summed E-state index contributed by atoms with van der Waals surface area (Å²) in [6, 6.07) is 4.86. The number of nitrogens with two attached hydrogens (primary N) is 1. The van der Waals surface area contributed by atoms with Crippen LogP contribution in [-0.4, -0.2) is 30.5 Å². The highest BCUT2D eigenvalue weighted by Crippen LogP contribution is 2.31.